The van der Waals surface area contributed by atoms with E-state index in [1.807, 2.05) is 11.3 Å². The largest absolute Gasteiger partial charge is 0.381 e. The first-order valence-electron chi connectivity index (χ1n) is 6.10. The van der Waals surface area contributed by atoms with E-state index in [2.05, 4.69) is 25.2 Å². The molecule has 0 saturated carbocycles. The Labute approximate surface area is 102 Å². The van der Waals surface area contributed by atoms with Gasteiger partial charge in [0.2, 0.25) is 0 Å². The quantitative estimate of drug-likeness (QED) is 0.797. The Balaban J connectivity index is 1.65. The minimum absolute atomic E-state index is 0.741. The van der Waals surface area contributed by atoms with E-state index in [4.69, 9.17) is 4.74 Å². The summed E-state index contributed by atoms with van der Waals surface area (Å²) in [5.41, 5.74) is 1.51. The highest BCUT2D eigenvalue weighted by atomic mass is 32.1. The fraction of sp³-hybridized carbons (Fsp3) is 0.692. The first-order chi connectivity index (χ1) is 7.75. The van der Waals surface area contributed by atoms with Gasteiger partial charge < -0.3 is 10.1 Å². The summed E-state index contributed by atoms with van der Waals surface area (Å²) in [6.45, 7) is 8.51. The summed E-state index contributed by atoms with van der Waals surface area (Å²) in [6.07, 6.45) is 2.38. The number of nitrogens with one attached hydrogen (secondary N) is 1. The summed E-state index contributed by atoms with van der Waals surface area (Å²) >= 11 is 1.90. The van der Waals surface area contributed by atoms with Crippen LogP contribution >= 0.6 is 11.3 Å². The van der Waals surface area contributed by atoms with Gasteiger partial charge in [-0.25, -0.2) is 0 Å². The Morgan fingerprint density at radius 1 is 1.50 bits per heavy atom. The molecular weight excluding hydrogens is 218 g/mol. The highest BCUT2D eigenvalue weighted by Gasteiger charge is 2.14. The molecule has 1 unspecified atom stereocenters. The van der Waals surface area contributed by atoms with Crippen LogP contribution in [0.3, 0.4) is 0 Å². The molecule has 3 heteroatoms. The minimum Gasteiger partial charge on any atom is -0.381 e. The Bertz CT molecular complexity index is 329. The second-order valence-corrected chi connectivity index (χ2v) is 6.08. The van der Waals surface area contributed by atoms with E-state index in [9.17, 15) is 0 Å². The molecule has 0 radical (unpaired) electrons. The van der Waals surface area contributed by atoms with Crippen molar-refractivity contribution in [2.75, 3.05) is 26.3 Å². The van der Waals surface area contributed by atoms with Crippen LogP contribution in [-0.2, 0) is 11.2 Å². The van der Waals surface area contributed by atoms with Crippen LogP contribution in [-0.4, -0.2) is 26.3 Å². The van der Waals surface area contributed by atoms with E-state index < -0.39 is 0 Å². The number of thiophene rings is 1. The molecule has 16 heavy (non-hydrogen) atoms. The number of ether oxygens (including phenoxy) is 1. The number of hydrogen-bond donors (Lipinski definition) is 1. The van der Waals surface area contributed by atoms with Crippen molar-refractivity contribution in [3.63, 3.8) is 0 Å². The van der Waals surface area contributed by atoms with Crippen LogP contribution in [0.25, 0.3) is 0 Å². The van der Waals surface area contributed by atoms with E-state index >= 15 is 0 Å². The Kier molecular flexibility index (Phi) is 4.38. The smallest absolute Gasteiger partial charge is 0.0507 e. The highest BCUT2D eigenvalue weighted by Crippen LogP contribution is 2.20. The second-order valence-electron chi connectivity index (χ2n) is 4.62. The zero-order valence-corrected chi connectivity index (χ0v) is 11.0. The third-order valence-corrected chi connectivity index (χ3v) is 4.18. The van der Waals surface area contributed by atoms with Gasteiger partial charge in [0, 0.05) is 22.9 Å². The van der Waals surface area contributed by atoms with Crippen molar-refractivity contribution in [2.45, 2.75) is 26.7 Å². The van der Waals surface area contributed by atoms with Crippen LogP contribution < -0.4 is 5.32 Å². The summed E-state index contributed by atoms with van der Waals surface area (Å²) in [4.78, 5) is 2.90. The molecule has 0 aromatic carbocycles. The predicted octanol–water partition coefficient (Wildman–Crippen LogP) is 2.53. The van der Waals surface area contributed by atoms with Gasteiger partial charge in [-0.15, -0.1) is 11.3 Å². The predicted molar refractivity (Wildman–Crippen MR) is 69.3 cm³/mol. The molecule has 1 aliphatic heterocycles. The minimum atomic E-state index is 0.741. The molecule has 1 atom stereocenters. The van der Waals surface area contributed by atoms with Gasteiger partial charge in [0.25, 0.3) is 0 Å². The van der Waals surface area contributed by atoms with Gasteiger partial charge in [-0.3, -0.25) is 0 Å². The van der Waals surface area contributed by atoms with Crippen LogP contribution in [0.5, 0.6) is 0 Å². The van der Waals surface area contributed by atoms with E-state index in [0.29, 0.717) is 0 Å². The van der Waals surface area contributed by atoms with Gasteiger partial charge in [-0.05, 0) is 50.8 Å². The van der Waals surface area contributed by atoms with Crippen molar-refractivity contribution in [1.29, 1.82) is 0 Å². The lowest BCUT2D eigenvalue weighted by molar-refractivity contribution is 0.185. The normalized spacial score (nSPS) is 20.5. The molecule has 90 valence electrons. The van der Waals surface area contributed by atoms with Gasteiger partial charge in [-0.1, -0.05) is 0 Å². The molecule has 1 saturated heterocycles. The summed E-state index contributed by atoms with van der Waals surface area (Å²) < 4.78 is 5.36. The van der Waals surface area contributed by atoms with Crippen LogP contribution in [0.1, 0.15) is 21.7 Å². The van der Waals surface area contributed by atoms with Gasteiger partial charge in [0.1, 0.15) is 0 Å². The summed E-state index contributed by atoms with van der Waals surface area (Å²) in [7, 11) is 0. The molecule has 2 nitrogen and oxygen atoms in total. The number of aryl methyl sites for hydroxylation is 2. The first kappa shape index (κ1) is 12.1. The van der Waals surface area contributed by atoms with Crippen molar-refractivity contribution in [3.8, 4) is 0 Å². The van der Waals surface area contributed by atoms with Crippen molar-refractivity contribution in [1.82, 2.24) is 5.32 Å². The highest BCUT2D eigenvalue weighted by molar-refractivity contribution is 7.12. The molecule has 1 aromatic rings. The van der Waals surface area contributed by atoms with Crippen LogP contribution in [0.2, 0.25) is 0 Å². The molecule has 1 N–H and O–H groups in total. The number of rotatable bonds is 5. The van der Waals surface area contributed by atoms with Crippen molar-refractivity contribution >= 4 is 11.3 Å². The summed E-state index contributed by atoms with van der Waals surface area (Å²) in [5.74, 6) is 0.741. The van der Waals surface area contributed by atoms with E-state index in [1.54, 1.807) is 0 Å². The molecule has 1 fully saturated rings. The summed E-state index contributed by atoms with van der Waals surface area (Å²) in [5, 5.41) is 3.54. The average molecular weight is 239 g/mol. The fourth-order valence-electron chi connectivity index (χ4n) is 2.21. The maximum absolute atomic E-state index is 5.36. The van der Waals surface area contributed by atoms with Crippen molar-refractivity contribution in [2.24, 2.45) is 5.92 Å². The topological polar surface area (TPSA) is 21.3 Å². The molecule has 0 bridgehead atoms. The van der Waals surface area contributed by atoms with Gasteiger partial charge >= 0.3 is 0 Å². The lowest BCUT2D eigenvalue weighted by Gasteiger charge is -2.08. The second kappa shape index (κ2) is 5.80. The molecular formula is C13H21NOS. The van der Waals surface area contributed by atoms with Crippen LogP contribution in [0.15, 0.2) is 6.07 Å². The zero-order chi connectivity index (χ0) is 11.4. The molecule has 0 spiro atoms. The standard InChI is InChI=1S/C13H21NOS/c1-10-7-13(11(2)16-10)3-5-14-8-12-4-6-15-9-12/h7,12,14H,3-6,8-9H2,1-2H3. The fourth-order valence-corrected chi connectivity index (χ4v) is 3.18. The monoisotopic (exact) mass is 239 g/mol. The first-order valence-corrected chi connectivity index (χ1v) is 6.91. The maximum atomic E-state index is 5.36. The maximum Gasteiger partial charge on any atom is 0.0507 e. The van der Waals surface area contributed by atoms with E-state index in [0.717, 1.165) is 38.6 Å². The summed E-state index contributed by atoms with van der Waals surface area (Å²) in [6, 6.07) is 2.32. The van der Waals surface area contributed by atoms with Crippen molar-refractivity contribution in [3.05, 3.63) is 21.4 Å². The zero-order valence-electron chi connectivity index (χ0n) is 10.2. The van der Waals surface area contributed by atoms with Crippen molar-refractivity contribution < 1.29 is 4.74 Å². The van der Waals surface area contributed by atoms with Crippen LogP contribution in [0.4, 0.5) is 0 Å². The molecule has 1 aliphatic rings. The van der Waals surface area contributed by atoms with E-state index in [-0.39, 0.29) is 0 Å². The van der Waals surface area contributed by atoms with E-state index in [1.165, 1.54) is 21.7 Å². The van der Waals surface area contributed by atoms with Gasteiger partial charge in [0.15, 0.2) is 0 Å². The molecule has 1 aromatic heterocycles. The SMILES string of the molecule is Cc1cc(CCNCC2CCOC2)c(C)s1. The Morgan fingerprint density at radius 3 is 3.00 bits per heavy atom. The number of hydrogen-bond acceptors (Lipinski definition) is 3. The third kappa shape index (κ3) is 3.30. The third-order valence-electron chi connectivity index (χ3n) is 3.17. The average Bonchev–Trinajstić information content (AvgIpc) is 2.84. The van der Waals surface area contributed by atoms with Gasteiger partial charge in [0.05, 0.1) is 6.61 Å². The lowest BCUT2D eigenvalue weighted by Crippen LogP contribution is -2.25. The Hall–Kier alpha value is -0.380. The molecule has 0 aliphatic carbocycles. The van der Waals surface area contributed by atoms with Crippen LogP contribution in [0, 0.1) is 19.8 Å². The van der Waals surface area contributed by atoms with Gasteiger partial charge in [-0.2, -0.15) is 0 Å². The lowest BCUT2D eigenvalue weighted by atomic mass is 10.1. The molecule has 0 amide bonds. The molecule has 2 rings (SSSR count). The molecule has 2 heterocycles. The Morgan fingerprint density at radius 2 is 2.38 bits per heavy atom.